The van der Waals surface area contributed by atoms with Gasteiger partial charge in [0.15, 0.2) is 11.5 Å². The van der Waals surface area contributed by atoms with Crippen molar-refractivity contribution in [2.75, 3.05) is 6.79 Å². The van der Waals surface area contributed by atoms with Crippen LogP contribution in [0.4, 0.5) is 0 Å². The van der Waals surface area contributed by atoms with E-state index < -0.39 is 0 Å². The molecule has 1 aliphatic heterocycles. The standard InChI is InChI=1S/C17H21NO2/c1-9(10-4-5-13-14(7-10)20-8-19-13)18-17-15-11-2-3-12(6-11)16(15)17/h4-5,7,9,11-12,15-18H,2-3,6,8H2,1H3. The van der Waals surface area contributed by atoms with E-state index in [-0.39, 0.29) is 0 Å². The summed E-state index contributed by atoms with van der Waals surface area (Å²) in [5.41, 5.74) is 1.31. The summed E-state index contributed by atoms with van der Waals surface area (Å²) in [5.74, 6) is 5.82. The third-order valence-corrected chi connectivity index (χ3v) is 6.07. The molecule has 0 saturated heterocycles. The normalized spacial score (nSPS) is 40.8. The van der Waals surface area contributed by atoms with E-state index in [4.69, 9.17) is 9.47 Å². The zero-order valence-electron chi connectivity index (χ0n) is 11.8. The van der Waals surface area contributed by atoms with Gasteiger partial charge in [-0.1, -0.05) is 6.07 Å². The summed E-state index contributed by atoms with van der Waals surface area (Å²) in [4.78, 5) is 0. The number of hydrogen-bond acceptors (Lipinski definition) is 3. The number of fused-ring (bicyclic) bond motifs is 6. The van der Waals surface area contributed by atoms with Gasteiger partial charge in [0.25, 0.3) is 0 Å². The second kappa shape index (κ2) is 3.91. The zero-order valence-corrected chi connectivity index (χ0v) is 11.8. The molecule has 0 radical (unpaired) electrons. The highest BCUT2D eigenvalue weighted by Crippen LogP contribution is 2.65. The van der Waals surface area contributed by atoms with E-state index in [1.54, 1.807) is 0 Å². The number of benzene rings is 1. The summed E-state index contributed by atoms with van der Waals surface area (Å²) >= 11 is 0. The van der Waals surface area contributed by atoms with Crippen molar-refractivity contribution in [3.05, 3.63) is 23.8 Å². The lowest BCUT2D eigenvalue weighted by Crippen LogP contribution is -2.26. The molecular weight excluding hydrogens is 250 g/mol. The largest absolute Gasteiger partial charge is 0.454 e. The van der Waals surface area contributed by atoms with Crippen LogP contribution in [0.25, 0.3) is 0 Å². The molecule has 3 heteroatoms. The van der Waals surface area contributed by atoms with Crippen molar-refractivity contribution in [3.63, 3.8) is 0 Å². The molecule has 0 aromatic heterocycles. The van der Waals surface area contributed by atoms with Gasteiger partial charge in [-0.15, -0.1) is 0 Å². The number of ether oxygens (including phenoxy) is 2. The quantitative estimate of drug-likeness (QED) is 0.916. The Morgan fingerprint density at radius 2 is 1.85 bits per heavy atom. The number of rotatable bonds is 3. The van der Waals surface area contributed by atoms with Crippen LogP contribution in [-0.4, -0.2) is 12.8 Å². The van der Waals surface area contributed by atoms with E-state index in [9.17, 15) is 0 Å². The summed E-state index contributed by atoms with van der Waals surface area (Å²) in [6.07, 6.45) is 4.50. The van der Waals surface area contributed by atoms with E-state index in [1.165, 1.54) is 24.8 Å². The summed E-state index contributed by atoms with van der Waals surface area (Å²) < 4.78 is 10.9. The van der Waals surface area contributed by atoms with Gasteiger partial charge in [-0.2, -0.15) is 0 Å². The van der Waals surface area contributed by atoms with Crippen LogP contribution < -0.4 is 14.8 Å². The highest BCUT2D eigenvalue weighted by Gasteiger charge is 2.64. The summed E-state index contributed by atoms with van der Waals surface area (Å²) in [5, 5.41) is 3.87. The first kappa shape index (κ1) is 11.4. The van der Waals surface area contributed by atoms with Crippen LogP contribution in [0.3, 0.4) is 0 Å². The van der Waals surface area contributed by atoms with Crippen molar-refractivity contribution in [3.8, 4) is 11.5 Å². The van der Waals surface area contributed by atoms with Crippen LogP contribution in [0.1, 0.15) is 37.8 Å². The van der Waals surface area contributed by atoms with Crippen molar-refractivity contribution < 1.29 is 9.47 Å². The van der Waals surface area contributed by atoms with E-state index in [1.807, 2.05) is 6.07 Å². The van der Waals surface area contributed by atoms with Gasteiger partial charge in [0, 0.05) is 12.1 Å². The first-order valence-electron chi connectivity index (χ1n) is 7.97. The van der Waals surface area contributed by atoms with Gasteiger partial charge in [-0.25, -0.2) is 0 Å². The van der Waals surface area contributed by atoms with Crippen molar-refractivity contribution in [2.24, 2.45) is 23.7 Å². The van der Waals surface area contributed by atoms with Crippen molar-refractivity contribution in [1.82, 2.24) is 5.32 Å². The fourth-order valence-electron chi connectivity index (χ4n) is 5.12. The summed E-state index contributed by atoms with van der Waals surface area (Å²) in [7, 11) is 0. The summed E-state index contributed by atoms with van der Waals surface area (Å²) in [6.45, 7) is 2.63. The van der Waals surface area contributed by atoms with Crippen LogP contribution in [0.5, 0.6) is 11.5 Å². The Balaban J connectivity index is 1.31. The molecule has 106 valence electrons. The molecule has 5 unspecified atom stereocenters. The maximum Gasteiger partial charge on any atom is 0.231 e. The Bertz CT molecular complexity index is 542. The molecular formula is C17H21NO2. The first-order chi connectivity index (χ1) is 9.81. The van der Waals surface area contributed by atoms with Gasteiger partial charge >= 0.3 is 0 Å². The molecule has 5 rings (SSSR count). The molecule has 3 aliphatic carbocycles. The Labute approximate surface area is 119 Å². The Hall–Kier alpha value is -1.22. The molecule has 20 heavy (non-hydrogen) atoms. The fourth-order valence-corrected chi connectivity index (χ4v) is 5.12. The topological polar surface area (TPSA) is 30.5 Å². The third-order valence-electron chi connectivity index (χ3n) is 6.07. The van der Waals surface area contributed by atoms with Gasteiger partial charge in [0.2, 0.25) is 6.79 Å². The molecule has 4 aliphatic rings. The molecule has 1 aromatic carbocycles. The molecule has 0 spiro atoms. The van der Waals surface area contributed by atoms with Gasteiger partial charge in [-0.05, 0) is 67.6 Å². The minimum Gasteiger partial charge on any atom is -0.454 e. The molecule has 3 nitrogen and oxygen atoms in total. The van der Waals surface area contributed by atoms with Crippen molar-refractivity contribution in [1.29, 1.82) is 0 Å². The van der Waals surface area contributed by atoms with Gasteiger partial charge in [0.05, 0.1) is 0 Å². The molecule has 3 saturated carbocycles. The number of hydrogen-bond donors (Lipinski definition) is 1. The summed E-state index contributed by atoms with van der Waals surface area (Å²) in [6, 6.07) is 7.51. The van der Waals surface area contributed by atoms with E-state index in [0.717, 1.165) is 41.2 Å². The van der Waals surface area contributed by atoms with Crippen molar-refractivity contribution >= 4 is 0 Å². The molecule has 1 heterocycles. The monoisotopic (exact) mass is 271 g/mol. The predicted molar refractivity (Wildman–Crippen MR) is 75.7 cm³/mol. The van der Waals surface area contributed by atoms with Crippen molar-refractivity contribution in [2.45, 2.75) is 38.3 Å². The predicted octanol–water partition coefficient (Wildman–Crippen LogP) is 3.11. The lowest BCUT2D eigenvalue weighted by atomic mass is 10.0. The lowest BCUT2D eigenvalue weighted by Gasteiger charge is -2.17. The smallest absolute Gasteiger partial charge is 0.231 e. The van der Waals surface area contributed by atoms with Crippen LogP contribution in [-0.2, 0) is 0 Å². The minimum atomic E-state index is 0.358. The fraction of sp³-hybridized carbons (Fsp3) is 0.647. The lowest BCUT2D eigenvalue weighted by molar-refractivity contribution is 0.174. The van der Waals surface area contributed by atoms with Crippen LogP contribution in [0, 0.1) is 23.7 Å². The average Bonchev–Trinajstić information content (AvgIpc) is 2.92. The Kier molecular flexibility index (Phi) is 2.24. The Morgan fingerprint density at radius 1 is 1.10 bits per heavy atom. The highest BCUT2D eigenvalue weighted by atomic mass is 16.7. The van der Waals surface area contributed by atoms with Crippen LogP contribution in [0.15, 0.2) is 18.2 Å². The maximum absolute atomic E-state index is 5.48. The van der Waals surface area contributed by atoms with Gasteiger partial charge in [0.1, 0.15) is 0 Å². The zero-order chi connectivity index (χ0) is 13.3. The molecule has 1 aromatic rings. The number of nitrogens with one attached hydrogen (secondary N) is 1. The van der Waals surface area contributed by atoms with E-state index >= 15 is 0 Å². The second-order valence-electron chi connectivity index (χ2n) is 7.01. The SMILES string of the molecule is CC(NC1C2C3CCC(C3)C12)c1ccc2c(c1)OCO2. The maximum atomic E-state index is 5.48. The molecule has 0 amide bonds. The van der Waals surface area contributed by atoms with Crippen LogP contribution >= 0.6 is 0 Å². The second-order valence-corrected chi connectivity index (χ2v) is 7.01. The molecule has 3 fully saturated rings. The highest BCUT2D eigenvalue weighted by molar-refractivity contribution is 5.45. The van der Waals surface area contributed by atoms with E-state index in [0.29, 0.717) is 12.8 Å². The molecule has 2 bridgehead atoms. The first-order valence-corrected chi connectivity index (χ1v) is 7.97. The van der Waals surface area contributed by atoms with Gasteiger partial charge < -0.3 is 14.8 Å². The van der Waals surface area contributed by atoms with Gasteiger partial charge in [-0.3, -0.25) is 0 Å². The minimum absolute atomic E-state index is 0.358. The van der Waals surface area contributed by atoms with E-state index in [2.05, 4.69) is 24.4 Å². The molecule has 1 N–H and O–H groups in total. The third kappa shape index (κ3) is 1.50. The Morgan fingerprint density at radius 3 is 2.65 bits per heavy atom. The molecule has 5 atom stereocenters. The average molecular weight is 271 g/mol. The van der Waals surface area contributed by atoms with Crippen LogP contribution in [0.2, 0.25) is 0 Å².